The molecule has 24 heavy (non-hydrogen) atoms. The van der Waals surface area contributed by atoms with Gasteiger partial charge in [-0.3, -0.25) is 9.59 Å². The van der Waals surface area contributed by atoms with E-state index in [4.69, 9.17) is 15.7 Å². The van der Waals surface area contributed by atoms with Gasteiger partial charge in [0.15, 0.2) is 0 Å². The highest BCUT2D eigenvalue weighted by molar-refractivity contribution is 5.98. The number of anilines is 2. The number of benzene rings is 2. The van der Waals surface area contributed by atoms with E-state index in [1.54, 1.807) is 30.3 Å². The number of carbonyl (C=O) groups excluding carboxylic acids is 2. The van der Waals surface area contributed by atoms with Crippen molar-refractivity contribution in [2.75, 3.05) is 24.3 Å². The second-order valence-corrected chi connectivity index (χ2v) is 4.87. The minimum atomic E-state index is -0.594. The molecule has 0 unspecified atom stereocenters. The van der Waals surface area contributed by atoms with E-state index in [1.165, 1.54) is 19.2 Å². The van der Waals surface area contributed by atoms with Crippen molar-refractivity contribution < 1.29 is 14.3 Å². The molecule has 2 amide bonds. The second-order valence-electron chi connectivity index (χ2n) is 4.87. The Morgan fingerprint density at radius 3 is 2.50 bits per heavy atom. The first-order chi connectivity index (χ1) is 11.5. The third-order valence-corrected chi connectivity index (χ3v) is 3.23. The monoisotopic (exact) mass is 324 g/mol. The van der Waals surface area contributed by atoms with Gasteiger partial charge >= 0.3 is 0 Å². The smallest absolute Gasteiger partial charge is 0.248 e. The molecule has 0 atom stereocenters. The minimum absolute atomic E-state index is 0.00978. The Kier molecular flexibility index (Phi) is 5.36. The van der Waals surface area contributed by atoms with Crippen molar-refractivity contribution in [3.63, 3.8) is 0 Å². The van der Waals surface area contributed by atoms with Crippen molar-refractivity contribution in [3.8, 4) is 11.8 Å². The summed E-state index contributed by atoms with van der Waals surface area (Å²) in [6.07, 6.45) is 0. The molecule has 2 rings (SSSR count). The van der Waals surface area contributed by atoms with E-state index in [2.05, 4.69) is 10.6 Å². The molecule has 0 radical (unpaired) electrons. The predicted octanol–water partition coefficient (Wildman–Crippen LogP) is 1.72. The average molecular weight is 324 g/mol. The number of nitrogens with one attached hydrogen (secondary N) is 2. The summed E-state index contributed by atoms with van der Waals surface area (Å²) in [6, 6.07) is 13.3. The number of primary amides is 1. The summed E-state index contributed by atoms with van der Waals surface area (Å²) in [5.41, 5.74) is 7.12. The van der Waals surface area contributed by atoms with Gasteiger partial charge in [0.05, 0.1) is 31.0 Å². The molecule has 0 saturated heterocycles. The summed E-state index contributed by atoms with van der Waals surface area (Å²) in [7, 11) is 1.46. The molecule has 0 aliphatic rings. The van der Waals surface area contributed by atoms with Crippen LogP contribution in [0.2, 0.25) is 0 Å². The molecule has 0 aliphatic heterocycles. The lowest BCUT2D eigenvalue weighted by Gasteiger charge is -2.12. The van der Waals surface area contributed by atoms with Crippen molar-refractivity contribution in [3.05, 3.63) is 53.6 Å². The van der Waals surface area contributed by atoms with Crippen LogP contribution in [0.4, 0.5) is 11.4 Å². The van der Waals surface area contributed by atoms with Crippen LogP contribution in [0.5, 0.6) is 5.75 Å². The number of hydrogen-bond donors (Lipinski definition) is 3. The number of carbonyl (C=O) groups is 2. The van der Waals surface area contributed by atoms with Crippen LogP contribution in [-0.2, 0) is 4.79 Å². The zero-order valence-corrected chi connectivity index (χ0v) is 13.0. The van der Waals surface area contributed by atoms with Crippen LogP contribution in [-0.4, -0.2) is 25.5 Å². The quantitative estimate of drug-likeness (QED) is 0.748. The topological polar surface area (TPSA) is 117 Å². The molecule has 0 heterocycles. The number of ether oxygens (including phenoxy) is 1. The van der Waals surface area contributed by atoms with E-state index in [-0.39, 0.29) is 18.0 Å². The lowest BCUT2D eigenvalue weighted by molar-refractivity contribution is -0.114. The number of nitriles is 1. The lowest BCUT2D eigenvalue weighted by Crippen LogP contribution is -2.22. The van der Waals surface area contributed by atoms with Gasteiger partial charge in [-0.2, -0.15) is 5.26 Å². The van der Waals surface area contributed by atoms with Gasteiger partial charge in [-0.25, -0.2) is 0 Å². The van der Waals surface area contributed by atoms with Gasteiger partial charge in [-0.15, -0.1) is 0 Å². The first-order valence-corrected chi connectivity index (χ1v) is 7.05. The number of nitrogens with zero attached hydrogens (tertiary/aromatic N) is 1. The molecule has 7 heteroatoms. The molecule has 0 aliphatic carbocycles. The number of nitrogens with two attached hydrogens (primary N) is 1. The molecule has 2 aromatic carbocycles. The van der Waals surface area contributed by atoms with Crippen LogP contribution in [0, 0.1) is 11.3 Å². The first-order valence-electron chi connectivity index (χ1n) is 7.05. The van der Waals surface area contributed by atoms with Crippen LogP contribution >= 0.6 is 0 Å². The average Bonchev–Trinajstić information content (AvgIpc) is 2.60. The molecular weight excluding hydrogens is 308 g/mol. The molecule has 0 aromatic heterocycles. The van der Waals surface area contributed by atoms with Gasteiger partial charge in [0.2, 0.25) is 11.8 Å². The van der Waals surface area contributed by atoms with E-state index in [1.807, 2.05) is 6.07 Å². The summed E-state index contributed by atoms with van der Waals surface area (Å²) in [4.78, 5) is 23.3. The van der Waals surface area contributed by atoms with Crippen LogP contribution in [0.1, 0.15) is 15.9 Å². The van der Waals surface area contributed by atoms with E-state index in [0.29, 0.717) is 22.7 Å². The van der Waals surface area contributed by atoms with Crippen molar-refractivity contribution in [1.29, 1.82) is 5.26 Å². The van der Waals surface area contributed by atoms with E-state index in [9.17, 15) is 9.59 Å². The number of amides is 2. The maximum Gasteiger partial charge on any atom is 0.248 e. The normalized spacial score (nSPS) is 9.67. The van der Waals surface area contributed by atoms with Gasteiger partial charge in [-0.05, 0) is 42.5 Å². The summed E-state index contributed by atoms with van der Waals surface area (Å²) >= 11 is 0. The van der Waals surface area contributed by atoms with Gasteiger partial charge in [-0.1, -0.05) is 0 Å². The second kappa shape index (κ2) is 7.65. The highest BCUT2D eigenvalue weighted by atomic mass is 16.5. The third-order valence-electron chi connectivity index (χ3n) is 3.23. The van der Waals surface area contributed by atoms with Gasteiger partial charge in [0.25, 0.3) is 0 Å². The number of methoxy groups -OCH3 is 1. The van der Waals surface area contributed by atoms with Gasteiger partial charge in [0.1, 0.15) is 5.75 Å². The zero-order chi connectivity index (χ0) is 17.5. The van der Waals surface area contributed by atoms with E-state index in [0.717, 1.165) is 0 Å². The van der Waals surface area contributed by atoms with Crippen LogP contribution in [0.3, 0.4) is 0 Å². The Hall–Kier alpha value is -3.53. The third kappa shape index (κ3) is 4.24. The summed E-state index contributed by atoms with van der Waals surface area (Å²) in [5.74, 6) is -0.491. The van der Waals surface area contributed by atoms with E-state index >= 15 is 0 Å². The standard InChI is InChI=1S/C17H16N4O3/c1-24-15-7-4-12(17(19)23)8-14(15)21-16(22)10-20-13-5-2-11(9-18)3-6-13/h2-8,20H,10H2,1H3,(H2,19,23)(H,21,22). The largest absolute Gasteiger partial charge is 0.495 e. The zero-order valence-electron chi connectivity index (χ0n) is 13.0. The predicted molar refractivity (Wildman–Crippen MR) is 89.8 cm³/mol. The van der Waals surface area contributed by atoms with Crippen molar-refractivity contribution in [2.45, 2.75) is 0 Å². The van der Waals surface area contributed by atoms with Crippen molar-refractivity contribution in [2.24, 2.45) is 5.73 Å². The fraction of sp³-hybridized carbons (Fsp3) is 0.118. The van der Waals surface area contributed by atoms with Gasteiger partial charge in [0, 0.05) is 11.3 Å². The molecule has 0 bridgehead atoms. The Morgan fingerprint density at radius 2 is 1.92 bits per heavy atom. The van der Waals surface area contributed by atoms with Crippen molar-refractivity contribution in [1.82, 2.24) is 0 Å². The Balaban J connectivity index is 2.02. The molecule has 0 spiro atoms. The molecule has 0 fully saturated rings. The number of hydrogen-bond acceptors (Lipinski definition) is 5. The summed E-state index contributed by atoms with van der Waals surface area (Å²) in [6.45, 7) is 0.00978. The van der Waals surface area contributed by atoms with Crippen LogP contribution < -0.4 is 21.1 Å². The van der Waals surface area contributed by atoms with Gasteiger partial charge < -0.3 is 21.1 Å². The molecule has 7 nitrogen and oxygen atoms in total. The summed E-state index contributed by atoms with van der Waals surface area (Å²) in [5, 5.41) is 14.3. The number of rotatable bonds is 6. The maximum absolute atomic E-state index is 12.1. The highest BCUT2D eigenvalue weighted by Gasteiger charge is 2.10. The van der Waals surface area contributed by atoms with Crippen LogP contribution in [0.15, 0.2) is 42.5 Å². The Morgan fingerprint density at radius 1 is 1.21 bits per heavy atom. The Labute approximate surface area is 139 Å². The molecule has 122 valence electrons. The molecule has 4 N–H and O–H groups in total. The first kappa shape index (κ1) is 16.8. The maximum atomic E-state index is 12.1. The van der Waals surface area contributed by atoms with Crippen LogP contribution in [0.25, 0.3) is 0 Å². The van der Waals surface area contributed by atoms with Crippen molar-refractivity contribution >= 4 is 23.2 Å². The lowest BCUT2D eigenvalue weighted by atomic mass is 10.1. The highest BCUT2D eigenvalue weighted by Crippen LogP contribution is 2.25. The molecular formula is C17H16N4O3. The fourth-order valence-corrected chi connectivity index (χ4v) is 2.00. The summed E-state index contributed by atoms with van der Waals surface area (Å²) < 4.78 is 5.15. The fourth-order valence-electron chi connectivity index (χ4n) is 2.00. The van der Waals surface area contributed by atoms with E-state index < -0.39 is 5.91 Å². The molecule has 0 saturated carbocycles. The molecule has 2 aromatic rings. The SMILES string of the molecule is COc1ccc(C(N)=O)cc1NC(=O)CNc1ccc(C#N)cc1. The Bertz CT molecular complexity index is 794. The minimum Gasteiger partial charge on any atom is -0.495 e.